The molecule has 2 aromatic heterocycles. The van der Waals surface area contributed by atoms with Gasteiger partial charge in [-0.25, -0.2) is 9.37 Å². The molecule has 2 aliphatic heterocycles. The van der Waals surface area contributed by atoms with E-state index in [-0.39, 0.29) is 48.1 Å². The molecule has 3 aromatic rings. The number of rotatable bonds is 4. The molecule has 1 fully saturated rings. The Morgan fingerprint density at radius 3 is 2.62 bits per heavy atom. The van der Waals surface area contributed by atoms with Crippen LogP contribution in [0.3, 0.4) is 0 Å². The first-order chi connectivity index (χ1) is 17.5. The molecule has 37 heavy (non-hydrogen) atoms. The van der Waals surface area contributed by atoms with Crippen molar-refractivity contribution in [2.75, 3.05) is 31.1 Å². The number of nitrogens with zero attached hydrogens (tertiary/aromatic N) is 4. The largest absolute Gasteiger partial charge is 0.405 e. The molecule has 2 N–H and O–H groups in total. The maximum atomic E-state index is 14.5. The molecule has 2 aliphatic rings. The quantitative estimate of drug-likeness (QED) is 0.496. The van der Waals surface area contributed by atoms with Gasteiger partial charge in [0.2, 0.25) is 11.8 Å². The Kier molecular flexibility index (Phi) is 6.05. The van der Waals surface area contributed by atoms with Gasteiger partial charge in [-0.1, -0.05) is 11.6 Å². The van der Waals surface area contributed by atoms with Crippen molar-refractivity contribution in [3.63, 3.8) is 0 Å². The normalized spacial score (nSPS) is 16.9. The molecule has 0 radical (unpaired) electrons. The van der Waals surface area contributed by atoms with Crippen LogP contribution in [-0.4, -0.2) is 70.2 Å². The molecule has 0 atom stereocenters. The molecule has 0 bridgehead atoms. The minimum absolute atomic E-state index is 0.0792. The van der Waals surface area contributed by atoms with Gasteiger partial charge in [-0.3, -0.25) is 19.5 Å². The number of anilines is 1. The Morgan fingerprint density at radius 2 is 1.92 bits per heavy atom. The maximum absolute atomic E-state index is 14.5. The number of fused-ring (bicyclic) bond motifs is 3. The van der Waals surface area contributed by atoms with Gasteiger partial charge in [-0.15, -0.1) is 0 Å². The van der Waals surface area contributed by atoms with Crippen LogP contribution in [0.25, 0.3) is 11.0 Å². The smallest absolute Gasteiger partial charge is 0.345 e. The molecular weight excluding hydrogens is 520 g/mol. The predicted molar refractivity (Wildman–Crippen MR) is 124 cm³/mol. The number of hydrogen-bond donors (Lipinski definition) is 2. The van der Waals surface area contributed by atoms with Gasteiger partial charge in [0.05, 0.1) is 27.9 Å². The van der Waals surface area contributed by atoms with Gasteiger partial charge in [0.1, 0.15) is 18.9 Å². The number of H-pyrrole nitrogens is 1. The minimum Gasteiger partial charge on any atom is -0.345 e. The lowest BCUT2D eigenvalue weighted by atomic mass is 9.73. The number of aromatic nitrogens is 3. The Morgan fingerprint density at radius 1 is 1.19 bits per heavy atom. The van der Waals surface area contributed by atoms with Crippen LogP contribution in [0.5, 0.6) is 0 Å². The van der Waals surface area contributed by atoms with Crippen molar-refractivity contribution in [2.24, 2.45) is 0 Å². The van der Waals surface area contributed by atoms with E-state index < -0.39 is 42.3 Å². The van der Waals surface area contributed by atoms with Crippen LogP contribution in [-0.2, 0) is 15.0 Å². The number of piperidine rings is 1. The summed E-state index contributed by atoms with van der Waals surface area (Å²) in [6.07, 6.45) is -1.51. The highest BCUT2D eigenvalue weighted by Crippen LogP contribution is 2.51. The average molecular weight is 539 g/mol. The lowest BCUT2D eigenvalue weighted by molar-refractivity contribution is -0.138. The van der Waals surface area contributed by atoms with Crippen LogP contribution in [0.2, 0.25) is 5.02 Å². The van der Waals surface area contributed by atoms with Crippen LogP contribution in [0.4, 0.5) is 23.2 Å². The van der Waals surface area contributed by atoms with Crippen molar-refractivity contribution in [3.8, 4) is 0 Å². The van der Waals surface area contributed by atoms with Gasteiger partial charge in [-0.05, 0) is 31.0 Å². The van der Waals surface area contributed by atoms with Crippen molar-refractivity contribution in [1.29, 1.82) is 0 Å². The zero-order valence-electron chi connectivity index (χ0n) is 19.0. The fourth-order valence-electron chi connectivity index (χ4n) is 4.94. The summed E-state index contributed by atoms with van der Waals surface area (Å²) in [4.78, 5) is 45.7. The molecule has 4 heterocycles. The Balaban J connectivity index is 1.39. The lowest BCUT2D eigenvalue weighted by Crippen LogP contribution is -2.51. The summed E-state index contributed by atoms with van der Waals surface area (Å²) in [5.41, 5.74) is -0.139. The van der Waals surface area contributed by atoms with E-state index in [2.05, 4.69) is 15.2 Å². The third-order valence-corrected chi connectivity index (χ3v) is 7.10. The zero-order chi connectivity index (χ0) is 26.5. The molecule has 9 nitrogen and oxygen atoms in total. The van der Waals surface area contributed by atoms with Gasteiger partial charge in [0, 0.05) is 30.2 Å². The van der Waals surface area contributed by atoms with Gasteiger partial charge >= 0.3 is 6.18 Å². The topological polar surface area (TPSA) is 111 Å². The van der Waals surface area contributed by atoms with E-state index >= 15 is 0 Å². The Hall–Kier alpha value is -3.74. The Labute approximate surface area is 211 Å². The highest BCUT2D eigenvalue weighted by Gasteiger charge is 2.54. The number of hydrogen-bond acceptors (Lipinski definition) is 5. The first-order valence-electron chi connectivity index (χ1n) is 11.2. The number of amides is 3. The van der Waals surface area contributed by atoms with Crippen LogP contribution in [0, 0.1) is 5.82 Å². The number of halogens is 5. The summed E-state index contributed by atoms with van der Waals surface area (Å²) in [5, 5.41) is 8.68. The van der Waals surface area contributed by atoms with E-state index in [9.17, 15) is 31.9 Å². The van der Waals surface area contributed by atoms with Crippen LogP contribution in [0.15, 0.2) is 30.6 Å². The van der Waals surface area contributed by atoms with Crippen molar-refractivity contribution >= 4 is 46.0 Å². The molecule has 5 rings (SSSR count). The monoisotopic (exact) mass is 538 g/mol. The molecule has 1 aromatic carbocycles. The van der Waals surface area contributed by atoms with E-state index in [4.69, 9.17) is 11.6 Å². The van der Waals surface area contributed by atoms with E-state index in [1.165, 1.54) is 23.4 Å². The number of carbonyl (C=O) groups is 3. The van der Waals surface area contributed by atoms with Crippen LogP contribution < -0.4 is 10.2 Å². The number of carbonyl (C=O) groups excluding carboxylic acids is 3. The van der Waals surface area contributed by atoms with Crippen LogP contribution in [0.1, 0.15) is 28.8 Å². The maximum Gasteiger partial charge on any atom is 0.405 e. The first-order valence-corrected chi connectivity index (χ1v) is 11.6. The third kappa shape index (κ3) is 4.37. The summed E-state index contributed by atoms with van der Waals surface area (Å²) in [6.45, 7) is -2.00. The van der Waals surface area contributed by atoms with E-state index in [0.717, 1.165) is 11.0 Å². The summed E-state index contributed by atoms with van der Waals surface area (Å²) in [5.74, 6) is -2.69. The van der Waals surface area contributed by atoms with Crippen molar-refractivity contribution in [3.05, 3.63) is 52.6 Å². The molecule has 14 heteroatoms. The fraction of sp³-hybridized carbons (Fsp3) is 0.348. The first kappa shape index (κ1) is 24.9. The van der Waals surface area contributed by atoms with Gasteiger partial charge in [-0.2, -0.15) is 18.3 Å². The second kappa shape index (κ2) is 8.98. The molecule has 3 amide bonds. The number of nitrogens with one attached hydrogen (secondary N) is 2. The van der Waals surface area contributed by atoms with Crippen LogP contribution >= 0.6 is 11.6 Å². The summed E-state index contributed by atoms with van der Waals surface area (Å²) >= 11 is 6.29. The standard InChI is InChI=1S/C23H19ClF4N6O3/c24-18-14(25)1-2-15-17(18)22(21(37)34(15)10-16(35)30-11-23(26,27)28)3-5-33(6-4-22)20(36)13-7-12-9-31-32-19(12)29-8-13/h1-2,7-9H,3-6,10-11H2,(H,30,35)(H,29,31,32). The molecule has 1 saturated heterocycles. The highest BCUT2D eigenvalue weighted by molar-refractivity contribution is 6.33. The second-order valence-electron chi connectivity index (χ2n) is 8.94. The SMILES string of the molecule is O=C(CN1C(=O)C2(CCN(C(=O)c3cnc4[nH]ncc4c3)CC2)c2c1ccc(F)c2Cl)NCC(F)(F)F. The van der Waals surface area contributed by atoms with Crippen molar-refractivity contribution in [2.45, 2.75) is 24.4 Å². The van der Waals surface area contributed by atoms with Crippen molar-refractivity contribution in [1.82, 2.24) is 25.4 Å². The van der Waals surface area contributed by atoms with E-state index in [0.29, 0.717) is 16.6 Å². The highest BCUT2D eigenvalue weighted by atomic mass is 35.5. The third-order valence-electron chi connectivity index (χ3n) is 6.73. The minimum atomic E-state index is -4.62. The second-order valence-corrected chi connectivity index (χ2v) is 9.32. The van der Waals surface area contributed by atoms with Gasteiger partial charge in [0.15, 0.2) is 5.65 Å². The number of pyridine rings is 1. The molecule has 194 valence electrons. The van der Waals surface area contributed by atoms with E-state index in [1.807, 2.05) is 0 Å². The average Bonchev–Trinajstić information content (AvgIpc) is 3.42. The number of alkyl halides is 3. The zero-order valence-corrected chi connectivity index (χ0v) is 19.8. The van der Waals surface area contributed by atoms with Gasteiger partial charge < -0.3 is 15.1 Å². The number of likely N-dealkylation sites (tertiary alicyclic amines) is 1. The van der Waals surface area contributed by atoms with Gasteiger partial charge in [0.25, 0.3) is 5.91 Å². The molecule has 0 aliphatic carbocycles. The fourth-order valence-corrected chi connectivity index (χ4v) is 5.28. The summed E-state index contributed by atoms with van der Waals surface area (Å²) in [6, 6.07) is 3.96. The number of aromatic amines is 1. The Bertz CT molecular complexity index is 1420. The molecule has 0 unspecified atom stereocenters. The lowest BCUT2D eigenvalue weighted by Gasteiger charge is -2.38. The molecular formula is C23H19ClF4N6O3. The molecule has 0 saturated carbocycles. The summed E-state index contributed by atoms with van der Waals surface area (Å²) in [7, 11) is 0. The number of benzene rings is 1. The van der Waals surface area contributed by atoms with E-state index in [1.54, 1.807) is 11.4 Å². The predicted octanol–water partition coefficient (Wildman–Crippen LogP) is 2.95. The molecule has 1 spiro atoms. The summed E-state index contributed by atoms with van der Waals surface area (Å²) < 4.78 is 52.0. The van der Waals surface area contributed by atoms with Crippen molar-refractivity contribution < 1.29 is 31.9 Å².